The molecule has 0 unspecified atom stereocenters. The van der Waals surface area contributed by atoms with E-state index in [1.54, 1.807) is 42.7 Å². The van der Waals surface area contributed by atoms with Gasteiger partial charge in [0.05, 0.1) is 30.3 Å². The largest absolute Gasteiger partial charge is 0.493 e. The summed E-state index contributed by atoms with van der Waals surface area (Å²) in [6.45, 7) is 4.00. The molecule has 7 nitrogen and oxygen atoms in total. The van der Waals surface area contributed by atoms with Gasteiger partial charge in [-0.15, -0.1) is 0 Å². The summed E-state index contributed by atoms with van der Waals surface area (Å²) in [6.07, 6.45) is 3.22. The molecule has 2 aromatic heterocycles. The fourth-order valence-electron chi connectivity index (χ4n) is 2.43. The predicted octanol–water partition coefficient (Wildman–Crippen LogP) is 3.53. The summed E-state index contributed by atoms with van der Waals surface area (Å²) in [7, 11) is 1.53. The Morgan fingerprint density at radius 3 is 2.73 bits per heavy atom. The number of amides is 1. The number of pyridine rings is 1. The van der Waals surface area contributed by atoms with E-state index in [9.17, 15) is 4.79 Å². The number of nitrogens with zero attached hydrogens (tertiary/aromatic N) is 2. The van der Waals surface area contributed by atoms with Crippen LogP contribution >= 0.6 is 0 Å². The third kappa shape index (κ3) is 3.83. The first-order valence-electron chi connectivity index (χ1n) is 8.02. The molecule has 1 N–H and O–H groups in total. The molecule has 3 rings (SSSR count). The van der Waals surface area contributed by atoms with Gasteiger partial charge in [-0.2, -0.15) is 0 Å². The molecular weight excluding hydrogens is 334 g/mol. The van der Waals surface area contributed by atoms with Gasteiger partial charge in [-0.3, -0.25) is 9.78 Å². The van der Waals surface area contributed by atoms with Crippen LogP contribution in [0.5, 0.6) is 11.5 Å². The molecule has 0 bridgehead atoms. The highest BCUT2D eigenvalue weighted by Gasteiger charge is 2.14. The second kappa shape index (κ2) is 7.69. The lowest BCUT2D eigenvalue weighted by Gasteiger charge is -2.12. The molecule has 0 spiro atoms. The van der Waals surface area contributed by atoms with Gasteiger partial charge < -0.3 is 19.3 Å². The Morgan fingerprint density at radius 2 is 2.08 bits per heavy atom. The number of methoxy groups -OCH3 is 1. The fraction of sp³-hybridized carbons (Fsp3) is 0.211. The van der Waals surface area contributed by atoms with E-state index >= 15 is 0 Å². The molecular formula is C19H19N3O4. The van der Waals surface area contributed by atoms with E-state index in [2.05, 4.69) is 15.5 Å². The molecule has 1 aromatic carbocycles. The fourth-order valence-corrected chi connectivity index (χ4v) is 2.43. The van der Waals surface area contributed by atoms with Gasteiger partial charge in [0, 0.05) is 11.8 Å². The van der Waals surface area contributed by atoms with Crippen molar-refractivity contribution in [2.45, 2.75) is 20.5 Å². The molecule has 3 aromatic rings. The number of aryl methyl sites for hydroxylation is 2. The molecule has 26 heavy (non-hydrogen) atoms. The van der Waals surface area contributed by atoms with Crippen LogP contribution in [0, 0.1) is 13.8 Å². The molecule has 2 heterocycles. The molecule has 0 atom stereocenters. The third-order valence-electron chi connectivity index (χ3n) is 3.90. The monoisotopic (exact) mass is 353 g/mol. The summed E-state index contributed by atoms with van der Waals surface area (Å²) in [4.78, 5) is 16.3. The third-order valence-corrected chi connectivity index (χ3v) is 3.90. The van der Waals surface area contributed by atoms with Crippen molar-refractivity contribution in [1.82, 2.24) is 10.1 Å². The lowest BCUT2D eigenvalue weighted by molar-refractivity contribution is 0.102. The maximum absolute atomic E-state index is 12.4. The topological polar surface area (TPSA) is 86.5 Å². The Morgan fingerprint density at radius 1 is 1.23 bits per heavy atom. The summed E-state index contributed by atoms with van der Waals surface area (Å²) >= 11 is 0. The summed E-state index contributed by atoms with van der Waals surface area (Å²) < 4.78 is 16.3. The van der Waals surface area contributed by atoms with E-state index in [0.29, 0.717) is 35.1 Å². The summed E-state index contributed by atoms with van der Waals surface area (Å²) in [5, 5.41) is 6.68. The van der Waals surface area contributed by atoms with Crippen LogP contribution in [0.1, 0.15) is 27.4 Å². The first-order valence-corrected chi connectivity index (χ1v) is 8.02. The zero-order valence-corrected chi connectivity index (χ0v) is 14.8. The Bertz CT molecular complexity index is 887. The molecule has 0 aliphatic carbocycles. The van der Waals surface area contributed by atoms with Gasteiger partial charge in [0.2, 0.25) is 0 Å². The average molecular weight is 353 g/mol. The van der Waals surface area contributed by atoms with Crippen molar-refractivity contribution in [1.29, 1.82) is 0 Å². The van der Waals surface area contributed by atoms with E-state index in [-0.39, 0.29) is 5.91 Å². The molecule has 0 saturated carbocycles. The van der Waals surface area contributed by atoms with Crippen molar-refractivity contribution >= 4 is 11.6 Å². The van der Waals surface area contributed by atoms with Gasteiger partial charge in [-0.25, -0.2) is 0 Å². The van der Waals surface area contributed by atoms with E-state index < -0.39 is 0 Å². The molecule has 1 amide bonds. The Kier molecular flexibility index (Phi) is 5.17. The smallest absolute Gasteiger partial charge is 0.255 e. The van der Waals surface area contributed by atoms with Crippen molar-refractivity contribution in [2.24, 2.45) is 0 Å². The van der Waals surface area contributed by atoms with Crippen LogP contribution in [-0.4, -0.2) is 23.2 Å². The first kappa shape index (κ1) is 17.5. The number of aromatic nitrogens is 2. The van der Waals surface area contributed by atoms with Crippen LogP contribution in [0.25, 0.3) is 0 Å². The number of carbonyl (C=O) groups excluding carboxylic acids is 1. The number of hydrogen-bond donors (Lipinski definition) is 1. The number of benzene rings is 1. The van der Waals surface area contributed by atoms with Crippen LogP contribution in [0.4, 0.5) is 5.69 Å². The van der Waals surface area contributed by atoms with Gasteiger partial charge in [-0.1, -0.05) is 5.16 Å². The van der Waals surface area contributed by atoms with Gasteiger partial charge in [-0.05, 0) is 44.2 Å². The van der Waals surface area contributed by atoms with Crippen LogP contribution < -0.4 is 14.8 Å². The normalized spacial score (nSPS) is 10.4. The summed E-state index contributed by atoms with van der Waals surface area (Å²) in [5.41, 5.74) is 2.75. The molecule has 7 heteroatoms. The highest BCUT2D eigenvalue weighted by molar-refractivity contribution is 6.04. The van der Waals surface area contributed by atoms with Gasteiger partial charge in [0.25, 0.3) is 5.91 Å². The van der Waals surface area contributed by atoms with Gasteiger partial charge in [0.1, 0.15) is 12.4 Å². The van der Waals surface area contributed by atoms with Crippen molar-refractivity contribution in [3.63, 3.8) is 0 Å². The van der Waals surface area contributed by atoms with Crippen LogP contribution in [-0.2, 0) is 6.61 Å². The van der Waals surface area contributed by atoms with Crippen LogP contribution in [0.3, 0.4) is 0 Å². The first-order chi connectivity index (χ1) is 12.6. The van der Waals surface area contributed by atoms with Crippen molar-refractivity contribution in [3.05, 3.63) is 65.3 Å². The number of ether oxygens (including phenoxy) is 2. The molecule has 134 valence electrons. The standard InChI is InChI=1S/C19H19N3O4/c1-12-16(13(2)26-22-12)11-25-17-7-6-14(9-18(17)24-3)19(23)21-15-5-4-8-20-10-15/h4-10H,11H2,1-3H3,(H,21,23). The van der Waals surface area contributed by atoms with Gasteiger partial charge >= 0.3 is 0 Å². The van der Waals surface area contributed by atoms with Crippen molar-refractivity contribution in [2.75, 3.05) is 12.4 Å². The lowest BCUT2D eigenvalue weighted by atomic mass is 10.1. The average Bonchev–Trinajstić information content (AvgIpc) is 2.98. The summed E-state index contributed by atoms with van der Waals surface area (Å²) in [6, 6.07) is 8.53. The van der Waals surface area contributed by atoms with Crippen molar-refractivity contribution < 1.29 is 18.8 Å². The van der Waals surface area contributed by atoms with E-state index in [1.807, 2.05) is 13.8 Å². The predicted molar refractivity (Wildman–Crippen MR) is 95.5 cm³/mol. The second-order valence-electron chi connectivity index (χ2n) is 5.65. The van der Waals surface area contributed by atoms with Crippen LogP contribution in [0.2, 0.25) is 0 Å². The zero-order chi connectivity index (χ0) is 18.5. The Labute approximate surface area is 150 Å². The Balaban J connectivity index is 1.74. The molecule has 0 radical (unpaired) electrons. The van der Waals surface area contributed by atoms with E-state index in [1.165, 1.54) is 7.11 Å². The molecule has 0 fully saturated rings. The molecule has 0 aliphatic heterocycles. The SMILES string of the molecule is COc1cc(C(=O)Nc2cccnc2)ccc1OCc1c(C)noc1C. The molecule has 0 aliphatic rings. The number of carbonyl (C=O) groups is 1. The highest BCUT2D eigenvalue weighted by Crippen LogP contribution is 2.29. The van der Waals surface area contributed by atoms with Crippen LogP contribution in [0.15, 0.2) is 47.2 Å². The highest BCUT2D eigenvalue weighted by atomic mass is 16.5. The zero-order valence-electron chi connectivity index (χ0n) is 14.8. The second-order valence-corrected chi connectivity index (χ2v) is 5.65. The number of nitrogens with one attached hydrogen (secondary N) is 1. The van der Waals surface area contributed by atoms with E-state index in [0.717, 1.165) is 11.3 Å². The number of anilines is 1. The van der Waals surface area contributed by atoms with Gasteiger partial charge in [0.15, 0.2) is 11.5 Å². The molecule has 0 saturated heterocycles. The number of hydrogen-bond acceptors (Lipinski definition) is 6. The summed E-state index contributed by atoms with van der Waals surface area (Å²) in [5.74, 6) is 1.46. The minimum Gasteiger partial charge on any atom is -0.493 e. The Hall–Kier alpha value is -3.35. The number of rotatable bonds is 6. The van der Waals surface area contributed by atoms with E-state index in [4.69, 9.17) is 14.0 Å². The maximum Gasteiger partial charge on any atom is 0.255 e. The van der Waals surface area contributed by atoms with Crippen molar-refractivity contribution in [3.8, 4) is 11.5 Å². The lowest BCUT2D eigenvalue weighted by Crippen LogP contribution is -2.12. The minimum absolute atomic E-state index is 0.256. The maximum atomic E-state index is 12.4. The quantitative estimate of drug-likeness (QED) is 0.729. The minimum atomic E-state index is -0.256.